The summed E-state index contributed by atoms with van der Waals surface area (Å²) in [6.07, 6.45) is 0. The van der Waals surface area contributed by atoms with Crippen molar-refractivity contribution < 1.29 is 9.53 Å². The standard InChI is InChI=1S/C17H22O2S4/c1-12(2)16(18)21-10-9-20-15-11-22-17(3,23-15)13-5-7-14(19-4)8-6-13/h5-8,15H,1,9-11H2,2-4H3. The van der Waals surface area contributed by atoms with Crippen LogP contribution >= 0.6 is 47.0 Å². The number of carbonyl (C=O) groups excluding carboxylic acids is 1. The fraction of sp³-hybridized carbons (Fsp3) is 0.471. The van der Waals surface area contributed by atoms with E-state index in [9.17, 15) is 4.79 Å². The van der Waals surface area contributed by atoms with Gasteiger partial charge in [-0.25, -0.2) is 0 Å². The van der Waals surface area contributed by atoms with E-state index < -0.39 is 0 Å². The summed E-state index contributed by atoms with van der Waals surface area (Å²) >= 11 is 7.36. The number of carbonyl (C=O) groups is 1. The van der Waals surface area contributed by atoms with Crippen LogP contribution in [0.15, 0.2) is 36.4 Å². The summed E-state index contributed by atoms with van der Waals surface area (Å²) in [5.74, 6) is 3.89. The summed E-state index contributed by atoms with van der Waals surface area (Å²) in [6.45, 7) is 7.75. The van der Waals surface area contributed by atoms with Crippen LogP contribution in [-0.2, 0) is 8.87 Å². The van der Waals surface area contributed by atoms with E-state index in [1.54, 1.807) is 14.0 Å². The quantitative estimate of drug-likeness (QED) is 0.469. The van der Waals surface area contributed by atoms with E-state index in [0.29, 0.717) is 10.2 Å². The van der Waals surface area contributed by atoms with Crippen molar-refractivity contribution >= 4 is 52.2 Å². The minimum atomic E-state index is 0.102. The second kappa shape index (κ2) is 8.79. The van der Waals surface area contributed by atoms with Crippen molar-refractivity contribution in [3.05, 3.63) is 42.0 Å². The first-order valence-corrected chi connectivity index (χ1v) is 11.2. The van der Waals surface area contributed by atoms with Gasteiger partial charge in [-0.1, -0.05) is 30.5 Å². The molecule has 126 valence electrons. The van der Waals surface area contributed by atoms with Crippen molar-refractivity contribution in [2.75, 3.05) is 24.4 Å². The predicted octanol–water partition coefficient (Wildman–Crippen LogP) is 5.24. The van der Waals surface area contributed by atoms with Gasteiger partial charge < -0.3 is 4.74 Å². The second-order valence-corrected chi connectivity index (χ2v) is 11.3. The molecule has 0 spiro atoms. The average Bonchev–Trinajstić information content (AvgIpc) is 2.94. The molecule has 0 radical (unpaired) electrons. The molecule has 1 aromatic carbocycles. The smallest absolute Gasteiger partial charge is 0.214 e. The summed E-state index contributed by atoms with van der Waals surface area (Å²) in [7, 11) is 1.69. The summed E-state index contributed by atoms with van der Waals surface area (Å²) in [5.41, 5.74) is 1.97. The van der Waals surface area contributed by atoms with Gasteiger partial charge in [-0.15, -0.1) is 35.3 Å². The molecule has 0 amide bonds. The molecule has 6 heteroatoms. The van der Waals surface area contributed by atoms with E-state index in [2.05, 4.69) is 25.6 Å². The Morgan fingerprint density at radius 2 is 2.09 bits per heavy atom. The number of ether oxygens (including phenoxy) is 1. The van der Waals surface area contributed by atoms with E-state index in [1.165, 1.54) is 17.3 Å². The summed E-state index contributed by atoms with van der Waals surface area (Å²) in [6, 6.07) is 8.38. The van der Waals surface area contributed by atoms with Crippen LogP contribution in [0.3, 0.4) is 0 Å². The zero-order chi connectivity index (χ0) is 16.9. The Kier molecular flexibility index (Phi) is 7.32. The molecule has 2 atom stereocenters. The van der Waals surface area contributed by atoms with Crippen LogP contribution < -0.4 is 4.74 Å². The zero-order valence-corrected chi connectivity index (χ0v) is 16.9. The number of hydrogen-bond acceptors (Lipinski definition) is 6. The van der Waals surface area contributed by atoms with E-state index >= 15 is 0 Å². The summed E-state index contributed by atoms with van der Waals surface area (Å²) in [4.78, 5) is 11.5. The third kappa shape index (κ3) is 5.41. The largest absolute Gasteiger partial charge is 0.497 e. The molecule has 1 saturated heterocycles. The molecule has 1 aliphatic rings. The Morgan fingerprint density at radius 3 is 2.70 bits per heavy atom. The minimum absolute atomic E-state index is 0.102. The zero-order valence-electron chi connectivity index (χ0n) is 13.7. The normalized spacial score (nSPS) is 23.7. The molecule has 1 heterocycles. The molecule has 1 aliphatic heterocycles. The van der Waals surface area contributed by atoms with Gasteiger partial charge in [0.15, 0.2) is 0 Å². The number of thioether (sulfide) groups is 4. The van der Waals surface area contributed by atoms with E-state index in [4.69, 9.17) is 4.74 Å². The first-order chi connectivity index (χ1) is 10.9. The monoisotopic (exact) mass is 386 g/mol. The van der Waals surface area contributed by atoms with Crippen LogP contribution in [0, 0.1) is 0 Å². The number of methoxy groups -OCH3 is 1. The Hall–Kier alpha value is -0.170. The highest BCUT2D eigenvalue weighted by Gasteiger charge is 2.38. The maximum atomic E-state index is 11.5. The van der Waals surface area contributed by atoms with Crippen LogP contribution in [0.4, 0.5) is 0 Å². The van der Waals surface area contributed by atoms with E-state index in [-0.39, 0.29) is 9.19 Å². The maximum absolute atomic E-state index is 11.5. The molecule has 0 bridgehead atoms. The average molecular weight is 387 g/mol. The van der Waals surface area contributed by atoms with Crippen molar-refractivity contribution in [1.82, 2.24) is 0 Å². The molecule has 2 unspecified atom stereocenters. The fourth-order valence-corrected chi connectivity index (χ4v) is 8.26. The van der Waals surface area contributed by atoms with Crippen LogP contribution in [-0.4, -0.2) is 34.1 Å². The van der Waals surface area contributed by atoms with Gasteiger partial charge in [0.1, 0.15) is 5.75 Å². The van der Waals surface area contributed by atoms with Gasteiger partial charge in [0.25, 0.3) is 0 Å². The molecule has 0 N–H and O–H groups in total. The molecular weight excluding hydrogens is 364 g/mol. The number of benzene rings is 1. The van der Waals surface area contributed by atoms with Crippen LogP contribution in [0.1, 0.15) is 19.4 Å². The van der Waals surface area contributed by atoms with Gasteiger partial charge in [0, 0.05) is 17.3 Å². The highest BCUT2D eigenvalue weighted by atomic mass is 32.2. The Morgan fingerprint density at radius 1 is 1.39 bits per heavy atom. The van der Waals surface area contributed by atoms with Crippen molar-refractivity contribution in [2.45, 2.75) is 22.5 Å². The highest BCUT2D eigenvalue weighted by molar-refractivity contribution is 8.28. The van der Waals surface area contributed by atoms with Gasteiger partial charge in [-0.05, 0) is 37.1 Å². The Bertz CT molecular complexity index is 558. The lowest BCUT2D eigenvalue weighted by Gasteiger charge is -2.23. The third-order valence-electron chi connectivity index (χ3n) is 3.43. The van der Waals surface area contributed by atoms with Gasteiger partial charge in [-0.3, -0.25) is 4.79 Å². The molecule has 0 saturated carbocycles. The van der Waals surface area contributed by atoms with Gasteiger partial charge >= 0.3 is 0 Å². The SMILES string of the molecule is C=C(C)C(=O)SCCSC1CSC(C)(c2ccc(OC)cc2)S1. The molecule has 2 rings (SSSR count). The number of rotatable bonds is 7. The van der Waals surface area contributed by atoms with Crippen molar-refractivity contribution in [3.8, 4) is 5.75 Å². The first-order valence-electron chi connectivity index (χ1n) is 7.35. The molecule has 1 aromatic rings. The van der Waals surface area contributed by atoms with Gasteiger partial charge in [-0.2, -0.15) is 0 Å². The first kappa shape index (κ1) is 19.2. The maximum Gasteiger partial charge on any atom is 0.214 e. The van der Waals surface area contributed by atoms with Crippen LogP contribution in [0.5, 0.6) is 5.75 Å². The fourth-order valence-electron chi connectivity index (χ4n) is 2.11. The van der Waals surface area contributed by atoms with Crippen molar-refractivity contribution in [2.24, 2.45) is 0 Å². The van der Waals surface area contributed by atoms with Crippen LogP contribution in [0.25, 0.3) is 0 Å². The molecule has 2 nitrogen and oxygen atoms in total. The molecule has 23 heavy (non-hydrogen) atoms. The van der Waals surface area contributed by atoms with E-state index in [0.717, 1.165) is 23.0 Å². The molecular formula is C17H22O2S4. The summed E-state index contributed by atoms with van der Waals surface area (Å²) < 4.78 is 5.91. The lowest BCUT2D eigenvalue weighted by Crippen LogP contribution is -2.09. The third-order valence-corrected chi connectivity index (χ3v) is 9.85. The van der Waals surface area contributed by atoms with E-state index in [1.807, 2.05) is 47.4 Å². The molecule has 1 fully saturated rings. The van der Waals surface area contributed by atoms with Crippen LogP contribution in [0.2, 0.25) is 0 Å². The van der Waals surface area contributed by atoms with Crippen molar-refractivity contribution in [1.29, 1.82) is 0 Å². The van der Waals surface area contributed by atoms with Gasteiger partial charge in [0.2, 0.25) is 5.12 Å². The summed E-state index contributed by atoms with van der Waals surface area (Å²) in [5, 5.41) is 0.113. The molecule has 0 aliphatic carbocycles. The Labute approximate surface area is 156 Å². The predicted molar refractivity (Wildman–Crippen MR) is 109 cm³/mol. The minimum Gasteiger partial charge on any atom is -0.497 e. The number of hydrogen-bond donors (Lipinski definition) is 0. The lowest BCUT2D eigenvalue weighted by atomic mass is 10.1. The molecule has 0 aromatic heterocycles. The highest BCUT2D eigenvalue weighted by Crippen LogP contribution is 2.57. The second-order valence-electron chi connectivity index (χ2n) is 5.32. The Balaban J connectivity index is 1.80. The lowest BCUT2D eigenvalue weighted by molar-refractivity contribution is -0.107. The topological polar surface area (TPSA) is 26.3 Å². The van der Waals surface area contributed by atoms with Gasteiger partial charge in [0.05, 0.1) is 15.8 Å². The van der Waals surface area contributed by atoms with Crippen molar-refractivity contribution in [3.63, 3.8) is 0 Å².